The topological polar surface area (TPSA) is 59.5 Å². The monoisotopic (exact) mass is 266 g/mol. The van der Waals surface area contributed by atoms with Gasteiger partial charge in [0.05, 0.1) is 10.6 Å². The maximum Gasteiger partial charge on any atom is 0.257 e. The lowest BCUT2D eigenvalue weighted by Gasteiger charge is -2.32. The van der Waals surface area contributed by atoms with E-state index in [-0.39, 0.29) is 11.8 Å². The van der Waals surface area contributed by atoms with Crippen LogP contribution in [0.1, 0.15) is 34.7 Å². The summed E-state index contributed by atoms with van der Waals surface area (Å²) in [4.78, 5) is 14.7. The maximum atomic E-state index is 12.4. The Bertz CT molecular complexity index is 481. The minimum Gasteiger partial charge on any atom is -0.466 e. The number of hydrogen-bond donors (Lipinski definition) is 1. The molecule has 0 aromatic carbocycles. The van der Waals surface area contributed by atoms with Crippen LogP contribution in [0.25, 0.3) is 0 Å². The number of amides is 1. The van der Waals surface area contributed by atoms with Crippen molar-refractivity contribution in [2.45, 2.75) is 26.7 Å². The lowest BCUT2D eigenvalue weighted by Crippen LogP contribution is -2.43. The smallest absolute Gasteiger partial charge is 0.257 e. The number of nitrogens with two attached hydrogens (primary N) is 1. The highest BCUT2D eigenvalue weighted by Gasteiger charge is 2.27. The van der Waals surface area contributed by atoms with Crippen LogP contribution in [0, 0.1) is 19.8 Å². The van der Waals surface area contributed by atoms with Crippen LogP contribution in [0.3, 0.4) is 0 Å². The molecule has 0 aliphatic carbocycles. The van der Waals surface area contributed by atoms with E-state index in [1.807, 2.05) is 18.7 Å². The van der Waals surface area contributed by atoms with Gasteiger partial charge in [-0.15, -0.1) is 0 Å². The number of furan rings is 1. The Balaban J connectivity index is 2.14. The lowest BCUT2D eigenvalue weighted by molar-refractivity contribution is 0.0702. The summed E-state index contributed by atoms with van der Waals surface area (Å²) in [6, 6.07) is 1.79. The summed E-state index contributed by atoms with van der Waals surface area (Å²) in [5.41, 5.74) is 6.33. The van der Waals surface area contributed by atoms with Crippen LogP contribution in [0.2, 0.25) is 0 Å². The van der Waals surface area contributed by atoms with E-state index < -0.39 is 0 Å². The predicted octanol–water partition coefficient (Wildman–Crippen LogP) is 2.03. The van der Waals surface area contributed by atoms with Gasteiger partial charge in [-0.1, -0.05) is 12.2 Å². The van der Waals surface area contributed by atoms with Crippen molar-refractivity contribution in [1.82, 2.24) is 4.90 Å². The fourth-order valence-electron chi connectivity index (χ4n) is 2.41. The van der Waals surface area contributed by atoms with Gasteiger partial charge in [0.2, 0.25) is 0 Å². The van der Waals surface area contributed by atoms with Gasteiger partial charge in [-0.2, -0.15) is 0 Å². The van der Waals surface area contributed by atoms with Crippen LogP contribution in [0.4, 0.5) is 0 Å². The molecule has 2 rings (SSSR count). The predicted molar refractivity (Wildman–Crippen MR) is 73.6 cm³/mol. The molecule has 1 aliphatic rings. The Morgan fingerprint density at radius 1 is 1.56 bits per heavy atom. The van der Waals surface area contributed by atoms with Crippen LogP contribution in [0.5, 0.6) is 0 Å². The van der Waals surface area contributed by atoms with Crippen molar-refractivity contribution in [3.8, 4) is 0 Å². The Morgan fingerprint density at radius 3 is 2.83 bits per heavy atom. The van der Waals surface area contributed by atoms with Gasteiger partial charge in [0.1, 0.15) is 11.5 Å². The molecule has 1 aromatic heterocycles. The summed E-state index contributed by atoms with van der Waals surface area (Å²) in [5, 5.41) is 0. The second kappa shape index (κ2) is 5.10. The first-order valence-corrected chi connectivity index (χ1v) is 6.55. The molecule has 1 atom stereocenters. The first kappa shape index (κ1) is 13.1. The standard InChI is InChI=1S/C13H18N2O2S/c1-8-6-11(9(2)17-8)13(16)15-5-3-4-10(7-15)12(14)18/h6,10H,3-5,7H2,1-2H3,(H2,14,18). The van der Waals surface area contributed by atoms with Gasteiger partial charge in [-0.3, -0.25) is 4.79 Å². The molecule has 4 nitrogen and oxygen atoms in total. The third-order valence-electron chi connectivity index (χ3n) is 3.38. The van der Waals surface area contributed by atoms with Gasteiger partial charge >= 0.3 is 0 Å². The third kappa shape index (κ3) is 2.56. The average Bonchev–Trinajstić information content (AvgIpc) is 2.67. The number of carbonyl (C=O) groups is 1. The van der Waals surface area contributed by atoms with Crippen LogP contribution < -0.4 is 5.73 Å². The number of aryl methyl sites for hydroxylation is 2. The molecule has 0 saturated carbocycles. The van der Waals surface area contributed by atoms with E-state index >= 15 is 0 Å². The van der Waals surface area contributed by atoms with Crippen molar-refractivity contribution in [2.24, 2.45) is 11.7 Å². The van der Waals surface area contributed by atoms with Crippen molar-refractivity contribution in [1.29, 1.82) is 0 Å². The zero-order valence-electron chi connectivity index (χ0n) is 10.7. The number of likely N-dealkylation sites (tertiary alicyclic amines) is 1. The molecule has 1 aliphatic heterocycles. The molecular weight excluding hydrogens is 248 g/mol. The van der Waals surface area contributed by atoms with Gasteiger partial charge in [-0.25, -0.2) is 0 Å². The van der Waals surface area contributed by atoms with Gasteiger partial charge in [0.15, 0.2) is 0 Å². The van der Waals surface area contributed by atoms with Crippen LogP contribution >= 0.6 is 12.2 Å². The molecule has 0 spiro atoms. The summed E-state index contributed by atoms with van der Waals surface area (Å²) in [6.07, 6.45) is 1.92. The zero-order chi connectivity index (χ0) is 13.3. The van der Waals surface area contributed by atoms with E-state index in [0.29, 0.717) is 22.9 Å². The lowest BCUT2D eigenvalue weighted by atomic mass is 9.97. The molecule has 5 heteroatoms. The molecule has 2 heterocycles. The largest absolute Gasteiger partial charge is 0.466 e. The summed E-state index contributed by atoms with van der Waals surface area (Å²) in [6.45, 7) is 5.05. The van der Waals surface area contributed by atoms with E-state index in [1.165, 1.54) is 0 Å². The molecule has 0 bridgehead atoms. The van der Waals surface area contributed by atoms with Crippen molar-refractivity contribution in [3.63, 3.8) is 0 Å². The third-order valence-corrected chi connectivity index (χ3v) is 3.72. The van der Waals surface area contributed by atoms with Gasteiger partial charge in [-0.05, 0) is 32.8 Å². The van der Waals surface area contributed by atoms with E-state index in [1.54, 1.807) is 6.07 Å². The fraction of sp³-hybridized carbons (Fsp3) is 0.538. The molecule has 1 amide bonds. The molecule has 0 radical (unpaired) electrons. The highest BCUT2D eigenvalue weighted by atomic mass is 32.1. The second-order valence-electron chi connectivity index (χ2n) is 4.82. The van der Waals surface area contributed by atoms with Crippen molar-refractivity contribution >= 4 is 23.1 Å². The minimum atomic E-state index is 0.0188. The highest BCUT2D eigenvalue weighted by molar-refractivity contribution is 7.80. The maximum absolute atomic E-state index is 12.4. The molecule has 1 fully saturated rings. The Kier molecular flexibility index (Phi) is 3.71. The van der Waals surface area contributed by atoms with Gasteiger partial charge in [0.25, 0.3) is 5.91 Å². The highest BCUT2D eigenvalue weighted by Crippen LogP contribution is 2.21. The molecule has 1 unspecified atom stereocenters. The molecular formula is C13H18N2O2S. The minimum absolute atomic E-state index is 0.0188. The Hall–Kier alpha value is -1.36. The van der Waals surface area contributed by atoms with Crippen LogP contribution in [-0.2, 0) is 0 Å². The number of thiocarbonyl (C=S) groups is 1. The summed E-state index contributed by atoms with van der Waals surface area (Å²) >= 11 is 5.02. The van der Waals surface area contributed by atoms with Crippen molar-refractivity contribution in [2.75, 3.05) is 13.1 Å². The summed E-state index contributed by atoms with van der Waals surface area (Å²) in [7, 11) is 0. The molecule has 2 N–H and O–H groups in total. The van der Waals surface area contributed by atoms with Crippen LogP contribution in [-0.4, -0.2) is 28.9 Å². The number of nitrogens with zero attached hydrogens (tertiary/aromatic N) is 1. The second-order valence-corrected chi connectivity index (χ2v) is 5.29. The van der Waals surface area contributed by atoms with Crippen LogP contribution in [0.15, 0.2) is 10.5 Å². The number of piperidine rings is 1. The van der Waals surface area contributed by atoms with Crippen molar-refractivity contribution in [3.05, 3.63) is 23.2 Å². The Labute approximate surface area is 112 Å². The average molecular weight is 266 g/mol. The summed E-state index contributed by atoms with van der Waals surface area (Å²) < 4.78 is 5.40. The molecule has 1 saturated heterocycles. The number of hydrogen-bond acceptors (Lipinski definition) is 3. The summed E-state index contributed by atoms with van der Waals surface area (Å²) in [5.74, 6) is 1.60. The Morgan fingerprint density at radius 2 is 2.28 bits per heavy atom. The quantitative estimate of drug-likeness (QED) is 0.832. The zero-order valence-corrected chi connectivity index (χ0v) is 11.5. The first-order valence-electron chi connectivity index (χ1n) is 6.14. The van der Waals surface area contributed by atoms with E-state index in [0.717, 1.165) is 25.1 Å². The number of carbonyl (C=O) groups excluding carboxylic acids is 1. The van der Waals surface area contributed by atoms with Gasteiger partial charge in [0, 0.05) is 19.0 Å². The molecule has 1 aromatic rings. The van der Waals surface area contributed by atoms with E-state index in [2.05, 4.69) is 0 Å². The fourth-order valence-corrected chi connectivity index (χ4v) is 2.60. The van der Waals surface area contributed by atoms with Crippen molar-refractivity contribution < 1.29 is 9.21 Å². The SMILES string of the molecule is Cc1cc(C(=O)N2CCCC(C(N)=S)C2)c(C)o1. The normalized spacial score (nSPS) is 19.9. The van der Waals surface area contributed by atoms with Gasteiger partial charge < -0.3 is 15.1 Å². The molecule has 18 heavy (non-hydrogen) atoms. The molecule has 98 valence electrons. The first-order chi connectivity index (χ1) is 8.49. The van der Waals surface area contributed by atoms with E-state index in [4.69, 9.17) is 22.4 Å². The van der Waals surface area contributed by atoms with E-state index in [9.17, 15) is 4.79 Å². The number of rotatable bonds is 2.